The van der Waals surface area contributed by atoms with Gasteiger partial charge >= 0.3 is 6.09 Å². The first-order valence-corrected chi connectivity index (χ1v) is 27.7. The van der Waals surface area contributed by atoms with Crippen molar-refractivity contribution in [1.29, 1.82) is 10.5 Å². The number of amides is 3. The van der Waals surface area contributed by atoms with Crippen LogP contribution in [0.25, 0.3) is 11.1 Å². The summed E-state index contributed by atoms with van der Waals surface area (Å²) in [4.78, 5) is 62.5. The monoisotopic (exact) mass is 1080 g/mol. The molecule has 1 N–H and O–H groups in total. The minimum Gasteiger partial charge on any atom is -0.491 e. The lowest BCUT2D eigenvalue weighted by Crippen LogP contribution is -2.56. The molecule has 78 heavy (non-hydrogen) atoms. The van der Waals surface area contributed by atoms with Crippen molar-refractivity contribution in [2.45, 2.75) is 117 Å². The van der Waals surface area contributed by atoms with Crippen LogP contribution in [-0.4, -0.2) is 121 Å². The van der Waals surface area contributed by atoms with Crippen molar-refractivity contribution in [2.75, 3.05) is 59.8 Å². The second-order valence-electron chi connectivity index (χ2n) is 20.7. The molecule has 3 aromatic carbocycles. The van der Waals surface area contributed by atoms with Crippen LogP contribution in [0, 0.1) is 54.3 Å². The van der Waals surface area contributed by atoms with Crippen LogP contribution in [0.2, 0.25) is 0 Å². The van der Waals surface area contributed by atoms with E-state index in [2.05, 4.69) is 33.9 Å². The molecule has 0 radical (unpaired) electrons. The molecule has 2 aliphatic rings. The Hall–Kier alpha value is -7.33. The fraction of sp³-hybridized carbons (Fsp3) is 0.459. The van der Waals surface area contributed by atoms with Gasteiger partial charge in [-0.25, -0.2) is 9.78 Å². The molecule has 0 spiro atoms. The number of benzene rings is 3. The summed E-state index contributed by atoms with van der Waals surface area (Å²) < 4.78 is 30.5. The van der Waals surface area contributed by atoms with Gasteiger partial charge in [0.05, 0.1) is 56.3 Å². The molecule has 0 bridgehead atoms. The SMILES string of the molecule is Cc1c(C#N)c(-c2ccc(C#N)cc2)c(C)n1Cc1ccc(C#CCOCCOCCOCCOc2cccc(C(=O)c3csc([C@@H]4CCCN4C(=O)[C@@H](NC(=O)[C@H](C)N(C)C(=O)OC(C)(C)C)C4CCCCC4)n3)c2)cc1. The number of likely N-dealkylation sites (tertiary alicyclic amines) is 1. The first-order valence-electron chi connectivity index (χ1n) is 26.8. The second kappa shape index (κ2) is 27.8. The van der Waals surface area contributed by atoms with Crippen molar-refractivity contribution >= 4 is 35.0 Å². The van der Waals surface area contributed by atoms with Gasteiger partial charge in [-0.3, -0.25) is 19.3 Å². The summed E-state index contributed by atoms with van der Waals surface area (Å²) in [5.74, 6) is 5.84. The zero-order valence-electron chi connectivity index (χ0n) is 45.9. The molecule has 16 nitrogen and oxygen atoms in total. The third kappa shape index (κ3) is 15.4. The fourth-order valence-electron chi connectivity index (χ4n) is 9.79. The number of nitrogens with zero attached hydrogens (tertiary/aromatic N) is 6. The van der Waals surface area contributed by atoms with E-state index in [1.165, 1.54) is 23.3 Å². The minimum atomic E-state index is -0.863. The highest BCUT2D eigenvalue weighted by Gasteiger charge is 2.41. The standard InChI is InChI=1S/C61H71N7O9S/c1-41-51(38-63)54(47-26-24-45(37-62)25-27-47)42(2)68(41)39-46-22-20-44(21-23-46)14-13-29-73-30-31-74-32-33-75-34-35-76-50-18-11-17-49(36-50)56(69)52-40-78-58(64-52)53-19-12-28-67(53)59(71)55(48-15-9-8-10-16-48)65-57(70)43(3)66(7)60(72)77-61(4,5)6/h11,17-18,20-27,36,40,43,48,53,55H,8-10,12,15-16,19,28-35,39H2,1-7H3,(H,65,70)/t43-,53-,55-/m0/s1. The minimum absolute atomic E-state index is 0.0359. The molecule has 3 atom stereocenters. The van der Waals surface area contributed by atoms with Gasteiger partial charge in [-0.1, -0.05) is 67.5 Å². The average molecular weight is 1080 g/mol. The van der Waals surface area contributed by atoms with Gasteiger partial charge in [0.15, 0.2) is 0 Å². The predicted octanol–water partition coefficient (Wildman–Crippen LogP) is 9.72. The number of carbonyl (C=O) groups is 4. The number of hydrogen-bond donors (Lipinski definition) is 1. The Balaban J connectivity index is 0.794. The number of hydrogen-bond acceptors (Lipinski definition) is 13. The Bertz CT molecular complexity index is 3020. The van der Waals surface area contributed by atoms with Gasteiger partial charge in [0.25, 0.3) is 0 Å². The molecule has 2 aromatic heterocycles. The predicted molar refractivity (Wildman–Crippen MR) is 297 cm³/mol. The van der Waals surface area contributed by atoms with Crippen LogP contribution in [0.4, 0.5) is 4.79 Å². The molecule has 17 heteroatoms. The molecule has 5 aromatic rings. The van der Waals surface area contributed by atoms with Gasteiger partial charge in [0.2, 0.25) is 17.6 Å². The molecule has 0 unspecified atom stereocenters. The molecule has 1 saturated carbocycles. The van der Waals surface area contributed by atoms with Crippen LogP contribution >= 0.6 is 11.3 Å². The molecule has 3 heterocycles. The highest BCUT2D eigenvalue weighted by atomic mass is 32.1. The van der Waals surface area contributed by atoms with Crippen molar-refractivity contribution in [3.8, 4) is 40.9 Å². The lowest BCUT2D eigenvalue weighted by atomic mass is 9.83. The molecule has 410 valence electrons. The van der Waals surface area contributed by atoms with Gasteiger partial charge in [-0.2, -0.15) is 10.5 Å². The van der Waals surface area contributed by atoms with Crippen molar-refractivity contribution < 1.29 is 42.9 Å². The normalized spacial score (nSPS) is 15.3. The number of nitriles is 2. The number of ketones is 1. The van der Waals surface area contributed by atoms with E-state index in [9.17, 15) is 29.7 Å². The van der Waals surface area contributed by atoms with Crippen molar-refractivity contribution in [3.05, 3.63) is 128 Å². The maximum atomic E-state index is 14.5. The molecule has 3 amide bonds. The zero-order chi connectivity index (χ0) is 55.8. The van der Waals surface area contributed by atoms with E-state index in [-0.39, 0.29) is 42.6 Å². The summed E-state index contributed by atoms with van der Waals surface area (Å²) in [6.45, 7) is 14.4. The smallest absolute Gasteiger partial charge is 0.410 e. The van der Waals surface area contributed by atoms with Crippen LogP contribution in [-0.2, 0) is 35.1 Å². The van der Waals surface area contributed by atoms with E-state index in [1.54, 1.807) is 69.5 Å². The van der Waals surface area contributed by atoms with Crippen LogP contribution in [0.3, 0.4) is 0 Å². The van der Waals surface area contributed by atoms with E-state index in [1.807, 2.05) is 55.1 Å². The van der Waals surface area contributed by atoms with E-state index in [0.29, 0.717) is 80.0 Å². The molecule has 7 rings (SSSR count). The lowest BCUT2D eigenvalue weighted by molar-refractivity contribution is -0.140. The van der Waals surface area contributed by atoms with Crippen LogP contribution in [0.5, 0.6) is 5.75 Å². The fourth-order valence-corrected chi connectivity index (χ4v) is 10.7. The molecule has 2 fully saturated rings. The second-order valence-corrected chi connectivity index (χ2v) is 21.6. The number of aromatic nitrogens is 2. The highest BCUT2D eigenvalue weighted by molar-refractivity contribution is 7.10. The lowest BCUT2D eigenvalue weighted by Gasteiger charge is -2.36. The number of thiazole rings is 1. The van der Waals surface area contributed by atoms with Gasteiger partial charge in [-0.05, 0) is 121 Å². The first-order chi connectivity index (χ1) is 37.6. The number of carbonyl (C=O) groups excluding carboxylic acids is 4. The van der Waals surface area contributed by atoms with Gasteiger partial charge in [0.1, 0.15) is 53.4 Å². The Morgan fingerprint density at radius 2 is 1.51 bits per heavy atom. The van der Waals surface area contributed by atoms with E-state index >= 15 is 0 Å². The number of ether oxygens (including phenoxy) is 5. The molecule has 1 aliphatic carbocycles. The Kier molecular flexibility index (Phi) is 20.8. The van der Waals surface area contributed by atoms with Gasteiger partial charge in [-0.15, -0.1) is 11.3 Å². The average Bonchev–Trinajstić information content (AvgIpc) is 4.20. The van der Waals surface area contributed by atoms with Crippen molar-refractivity contribution in [2.24, 2.45) is 5.92 Å². The highest BCUT2D eigenvalue weighted by Crippen LogP contribution is 2.37. The Morgan fingerprint density at radius 1 is 0.833 bits per heavy atom. The summed E-state index contributed by atoms with van der Waals surface area (Å²) >= 11 is 1.35. The maximum absolute atomic E-state index is 14.5. The molecular weight excluding hydrogens is 1010 g/mol. The molecule has 1 saturated heterocycles. The molecule has 1 aliphatic heterocycles. The third-order valence-electron chi connectivity index (χ3n) is 14.1. The summed E-state index contributed by atoms with van der Waals surface area (Å²) in [6.07, 6.45) is 5.50. The third-order valence-corrected chi connectivity index (χ3v) is 15.1. The number of nitrogens with one attached hydrogen (secondary N) is 1. The topological polar surface area (TPSA) is 198 Å². The van der Waals surface area contributed by atoms with Crippen LogP contribution < -0.4 is 10.1 Å². The summed E-state index contributed by atoms with van der Waals surface area (Å²) in [6, 6.07) is 24.9. The zero-order valence-corrected chi connectivity index (χ0v) is 46.7. The summed E-state index contributed by atoms with van der Waals surface area (Å²) in [5, 5.41) is 24.6. The summed E-state index contributed by atoms with van der Waals surface area (Å²) in [5.41, 5.74) is 6.85. The van der Waals surface area contributed by atoms with E-state index < -0.39 is 29.7 Å². The van der Waals surface area contributed by atoms with E-state index in [0.717, 1.165) is 72.2 Å². The number of likely N-dealkylation sites (N-methyl/N-ethyl adjacent to an activating group) is 1. The first kappa shape index (κ1) is 58.4. The van der Waals surface area contributed by atoms with Crippen molar-refractivity contribution in [1.82, 2.24) is 24.7 Å². The largest absolute Gasteiger partial charge is 0.491 e. The van der Waals surface area contributed by atoms with Gasteiger partial charge < -0.3 is 38.5 Å². The van der Waals surface area contributed by atoms with Crippen LogP contribution in [0.15, 0.2) is 78.2 Å². The quantitative estimate of drug-likeness (QED) is 0.0392. The van der Waals surface area contributed by atoms with Gasteiger partial charge in [0, 0.05) is 53.6 Å². The molecular formula is C61H71N7O9S. The Labute approximate surface area is 462 Å². The van der Waals surface area contributed by atoms with E-state index in [4.69, 9.17) is 28.7 Å². The Morgan fingerprint density at radius 3 is 2.19 bits per heavy atom. The summed E-state index contributed by atoms with van der Waals surface area (Å²) in [7, 11) is 1.52. The van der Waals surface area contributed by atoms with Crippen LogP contribution in [0.1, 0.15) is 133 Å². The maximum Gasteiger partial charge on any atom is 0.410 e. The van der Waals surface area contributed by atoms with Crippen molar-refractivity contribution in [3.63, 3.8) is 0 Å². The number of rotatable bonds is 22.